The minimum Gasteiger partial charge on any atom is -0.389 e. The highest BCUT2D eigenvalue weighted by Crippen LogP contribution is 2.23. The Bertz CT molecular complexity index is 419. The van der Waals surface area contributed by atoms with Crippen molar-refractivity contribution in [3.05, 3.63) is 23.9 Å². The molecule has 0 aliphatic carbocycles. The highest BCUT2D eigenvalue weighted by molar-refractivity contribution is 7.80. The van der Waals surface area contributed by atoms with Crippen LogP contribution in [0.5, 0.6) is 0 Å². The summed E-state index contributed by atoms with van der Waals surface area (Å²) in [6.07, 6.45) is 6.93. The molecule has 2 N–H and O–H groups in total. The number of hydrogen-bond acceptors (Lipinski definition) is 3. The van der Waals surface area contributed by atoms with Gasteiger partial charge in [0, 0.05) is 24.8 Å². The monoisotopic (exact) mass is 263 g/mol. The first-order valence-corrected chi connectivity index (χ1v) is 7.12. The molecule has 1 aliphatic heterocycles. The molecule has 1 fully saturated rings. The number of nitrogens with zero attached hydrogens (tertiary/aromatic N) is 2. The smallest absolute Gasteiger partial charge is 0.129 e. The number of rotatable bonds is 3. The van der Waals surface area contributed by atoms with Crippen molar-refractivity contribution in [1.29, 1.82) is 0 Å². The van der Waals surface area contributed by atoms with Crippen molar-refractivity contribution in [3.63, 3.8) is 0 Å². The van der Waals surface area contributed by atoms with Gasteiger partial charge in [-0.3, -0.25) is 0 Å². The second kappa shape index (κ2) is 6.14. The molecule has 3 nitrogen and oxygen atoms in total. The lowest BCUT2D eigenvalue weighted by Crippen LogP contribution is -2.25. The third-order valence-corrected chi connectivity index (χ3v) is 4.01. The average molecular weight is 263 g/mol. The maximum absolute atomic E-state index is 5.67. The summed E-state index contributed by atoms with van der Waals surface area (Å²) in [4.78, 5) is 7.25. The highest BCUT2D eigenvalue weighted by atomic mass is 32.1. The Balaban J connectivity index is 2.11. The van der Waals surface area contributed by atoms with Crippen molar-refractivity contribution in [2.24, 2.45) is 11.7 Å². The minimum atomic E-state index is 0.444. The Kier molecular flexibility index (Phi) is 4.53. The van der Waals surface area contributed by atoms with E-state index < -0.39 is 0 Å². The van der Waals surface area contributed by atoms with Crippen LogP contribution in [-0.2, 0) is 0 Å². The summed E-state index contributed by atoms with van der Waals surface area (Å²) in [5, 5.41) is 0. The normalized spacial score (nSPS) is 20.5. The second-order valence-electron chi connectivity index (χ2n) is 4.96. The molecule has 1 aliphatic rings. The highest BCUT2D eigenvalue weighted by Gasteiger charge is 2.17. The number of thiocarbonyl (C=S) groups is 1. The van der Waals surface area contributed by atoms with E-state index in [4.69, 9.17) is 18.0 Å². The lowest BCUT2D eigenvalue weighted by Gasteiger charge is -2.22. The van der Waals surface area contributed by atoms with Crippen LogP contribution in [0.25, 0.3) is 0 Å². The van der Waals surface area contributed by atoms with Crippen LogP contribution in [0.3, 0.4) is 0 Å². The van der Waals surface area contributed by atoms with E-state index in [-0.39, 0.29) is 0 Å². The molecular weight excluding hydrogens is 242 g/mol. The van der Waals surface area contributed by atoms with Gasteiger partial charge in [-0.25, -0.2) is 4.98 Å². The molecule has 0 radical (unpaired) electrons. The van der Waals surface area contributed by atoms with E-state index in [2.05, 4.69) is 16.8 Å². The molecule has 1 unspecified atom stereocenters. The van der Waals surface area contributed by atoms with Gasteiger partial charge in [0.1, 0.15) is 10.8 Å². The summed E-state index contributed by atoms with van der Waals surface area (Å²) in [5.41, 5.74) is 6.58. The van der Waals surface area contributed by atoms with Crippen molar-refractivity contribution in [2.75, 3.05) is 18.0 Å². The van der Waals surface area contributed by atoms with Crippen LogP contribution in [0.2, 0.25) is 0 Å². The number of pyridine rings is 1. The lowest BCUT2D eigenvalue weighted by atomic mass is 9.98. The first-order valence-electron chi connectivity index (χ1n) is 6.71. The summed E-state index contributed by atoms with van der Waals surface area (Å²) in [5.74, 6) is 1.88. The van der Waals surface area contributed by atoms with Gasteiger partial charge in [0.15, 0.2) is 0 Å². The van der Waals surface area contributed by atoms with Crippen LogP contribution in [0.1, 0.15) is 38.2 Å². The Hall–Kier alpha value is -1.16. The standard InChI is InChI=1S/C14H21N3S/c1-2-11-4-3-8-17(9-6-11)13-10-12(14(15)18)5-7-16-13/h5,7,10-11H,2-4,6,8-9H2,1H3,(H2,15,18). The molecule has 1 aromatic rings. The van der Waals surface area contributed by atoms with E-state index in [1.54, 1.807) is 6.20 Å². The van der Waals surface area contributed by atoms with Gasteiger partial charge in [0.05, 0.1) is 0 Å². The molecular formula is C14H21N3S. The fraction of sp³-hybridized carbons (Fsp3) is 0.571. The maximum Gasteiger partial charge on any atom is 0.129 e. The van der Waals surface area contributed by atoms with Crippen molar-refractivity contribution < 1.29 is 0 Å². The first-order chi connectivity index (χ1) is 8.70. The fourth-order valence-electron chi connectivity index (χ4n) is 2.55. The zero-order valence-electron chi connectivity index (χ0n) is 10.9. The summed E-state index contributed by atoms with van der Waals surface area (Å²) in [6.45, 7) is 4.46. The van der Waals surface area contributed by atoms with Gasteiger partial charge in [0.2, 0.25) is 0 Å². The van der Waals surface area contributed by atoms with E-state index in [0.29, 0.717) is 4.99 Å². The quantitative estimate of drug-likeness (QED) is 0.852. The lowest BCUT2D eigenvalue weighted by molar-refractivity contribution is 0.459. The van der Waals surface area contributed by atoms with Gasteiger partial charge >= 0.3 is 0 Å². The van der Waals surface area contributed by atoms with E-state index in [0.717, 1.165) is 30.4 Å². The van der Waals surface area contributed by atoms with Gasteiger partial charge < -0.3 is 10.6 Å². The van der Waals surface area contributed by atoms with E-state index >= 15 is 0 Å². The van der Waals surface area contributed by atoms with E-state index in [9.17, 15) is 0 Å². The van der Waals surface area contributed by atoms with Gasteiger partial charge in [-0.05, 0) is 37.3 Å². The number of hydrogen-bond donors (Lipinski definition) is 1. The molecule has 98 valence electrons. The number of nitrogens with two attached hydrogens (primary N) is 1. The molecule has 0 amide bonds. The maximum atomic E-state index is 5.67. The molecule has 1 atom stereocenters. The molecule has 0 saturated carbocycles. The molecule has 1 saturated heterocycles. The zero-order chi connectivity index (χ0) is 13.0. The SMILES string of the molecule is CCC1CCCN(c2cc(C(N)=S)ccn2)CC1. The van der Waals surface area contributed by atoms with Gasteiger partial charge in [-0.1, -0.05) is 25.6 Å². The summed E-state index contributed by atoms with van der Waals surface area (Å²) >= 11 is 5.02. The van der Waals surface area contributed by atoms with Crippen LogP contribution >= 0.6 is 12.2 Å². The zero-order valence-corrected chi connectivity index (χ0v) is 11.7. The van der Waals surface area contributed by atoms with E-state index in [1.807, 2.05) is 12.1 Å². The summed E-state index contributed by atoms with van der Waals surface area (Å²) in [6, 6.07) is 3.88. The minimum absolute atomic E-state index is 0.444. The summed E-state index contributed by atoms with van der Waals surface area (Å²) in [7, 11) is 0. The molecule has 0 spiro atoms. The molecule has 4 heteroatoms. The number of aromatic nitrogens is 1. The molecule has 2 rings (SSSR count). The Morgan fingerprint density at radius 2 is 2.33 bits per heavy atom. The molecule has 18 heavy (non-hydrogen) atoms. The summed E-state index contributed by atoms with van der Waals surface area (Å²) < 4.78 is 0. The van der Waals surface area contributed by atoms with Crippen LogP contribution < -0.4 is 10.6 Å². The molecule has 2 heterocycles. The van der Waals surface area contributed by atoms with Crippen LogP contribution in [0.4, 0.5) is 5.82 Å². The van der Waals surface area contributed by atoms with Crippen LogP contribution in [0.15, 0.2) is 18.3 Å². The third-order valence-electron chi connectivity index (χ3n) is 3.78. The molecule has 0 aromatic carbocycles. The Labute approximate surface area is 114 Å². The van der Waals surface area contributed by atoms with Crippen molar-refractivity contribution in [1.82, 2.24) is 4.98 Å². The Morgan fingerprint density at radius 1 is 1.50 bits per heavy atom. The Morgan fingerprint density at radius 3 is 3.06 bits per heavy atom. The van der Waals surface area contributed by atoms with Crippen molar-refractivity contribution >= 4 is 23.0 Å². The van der Waals surface area contributed by atoms with Crippen LogP contribution in [-0.4, -0.2) is 23.1 Å². The van der Waals surface area contributed by atoms with Gasteiger partial charge in [-0.15, -0.1) is 0 Å². The first kappa shape index (κ1) is 13.3. The number of anilines is 1. The molecule has 1 aromatic heterocycles. The van der Waals surface area contributed by atoms with Crippen molar-refractivity contribution in [3.8, 4) is 0 Å². The fourth-order valence-corrected chi connectivity index (χ4v) is 2.67. The second-order valence-corrected chi connectivity index (χ2v) is 5.40. The van der Waals surface area contributed by atoms with Gasteiger partial charge in [-0.2, -0.15) is 0 Å². The van der Waals surface area contributed by atoms with Gasteiger partial charge in [0.25, 0.3) is 0 Å². The van der Waals surface area contributed by atoms with E-state index in [1.165, 1.54) is 25.7 Å². The van der Waals surface area contributed by atoms with Crippen molar-refractivity contribution in [2.45, 2.75) is 32.6 Å². The third kappa shape index (κ3) is 3.19. The molecule has 0 bridgehead atoms. The average Bonchev–Trinajstić information content (AvgIpc) is 2.64. The van der Waals surface area contributed by atoms with Crippen LogP contribution in [0, 0.1) is 5.92 Å². The largest absolute Gasteiger partial charge is 0.389 e. The predicted molar refractivity (Wildman–Crippen MR) is 80.0 cm³/mol. The predicted octanol–water partition coefficient (Wildman–Crippen LogP) is 2.73. The topological polar surface area (TPSA) is 42.1 Å².